The van der Waals surface area contributed by atoms with E-state index in [2.05, 4.69) is 42.2 Å². The van der Waals surface area contributed by atoms with E-state index in [4.69, 9.17) is 0 Å². The van der Waals surface area contributed by atoms with E-state index in [0.717, 1.165) is 17.9 Å². The Morgan fingerprint density at radius 1 is 1.46 bits per heavy atom. The lowest BCUT2D eigenvalue weighted by Gasteiger charge is -1.95. The predicted octanol–water partition coefficient (Wildman–Crippen LogP) is 2.60. The number of hydrogen-bond acceptors (Lipinski definition) is 2. The summed E-state index contributed by atoms with van der Waals surface area (Å²) in [6.07, 6.45) is 5.35. The molecular weight excluding hydrogens is 178 g/mol. The molecule has 1 nitrogen and oxygen atoms in total. The molecular formula is C11H15NS. The molecule has 0 aromatic heterocycles. The van der Waals surface area contributed by atoms with Gasteiger partial charge >= 0.3 is 0 Å². The van der Waals surface area contributed by atoms with E-state index in [0.29, 0.717) is 0 Å². The normalized spacial score (nSPS) is 10.9. The molecule has 1 rings (SSSR count). The zero-order valence-corrected chi connectivity index (χ0v) is 8.72. The van der Waals surface area contributed by atoms with E-state index in [9.17, 15) is 0 Å². The fourth-order valence-corrected chi connectivity index (χ4v) is 1.31. The third-order valence-corrected chi connectivity index (χ3v) is 2.02. The van der Waals surface area contributed by atoms with E-state index in [-0.39, 0.29) is 0 Å². The largest absolute Gasteiger partial charge is 0.319 e. The number of hydrogen-bond donors (Lipinski definition) is 2. The van der Waals surface area contributed by atoms with Crippen molar-refractivity contribution in [3.8, 4) is 0 Å². The Morgan fingerprint density at radius 2 is 2.31 bits per heavy atom. The van der Waals surface area contributed by atoms with Crippen LogP contribution in [0.1, 0.15) is 12.0 Å². The SMILES string of the molecule is CNCCC=Cc1cccc(S)c1. The van der Waals surface area contributed by atoms with Gasteiger partial charge < -0.3 is 5.32 Å². The van der Waals surface area contributed by atoms with Gasteiger partial charge in [0.15, 0.2) is 0 Å². The molecule has 0 atom stereocenters. The molecule has 0 radical (unpaired) electrons. The summed E-state index contributed by atoms with van der Waals surface area (Å²) in [6, 6.07) is 8.13. The number of nitrogens with one attached hydrogen (secondary N) is 1. The molecule has 2 heteroatoms. The zero-order chi connectivity index (χ0) is 9.52. The molecule has 0 unspecified atom stereocenters. The van der Waals surface area contributed by atoms with Crippen molar-refractivity contribution in [1.29, 1.82) is 0 Å². The van der Waals surface area contributed by atoms with Crippen LogP contribution in [0, 0.1) is 0 Å². The Kier molecular flexibility index (Phi) is 4.65. The first-order valence-electron chi connectivity index (χ1n) is 4.43. The van der Waals surface area contributed by atoms with Crippen LogP contribution in [-0.2, 0) is 0 Å². The maximum atomic E-state index is 4.27. The molecule has 1 aromatic rings. The van der Waals surface area contributed by atoms with Crippen molar-refractivity contribution in [3.63, 3.8) is 0 Å². The highest BCUT2D eigenvalue weighted by Crippen LogP contribution is 2.10. The highest BCUT2D eigenvalue weighted by atomic mass is 32.1. The molecule has 0 saturated heterocycles. The number of thiol groups is 1. The van der Waals surface area contributed by atoms with E-state index >= 15 is 0 Å². The molecule has 0 bridgehead atoms. The summed E-state index contributed by atoms with van der Waals surface area (Å²) in [5.74, 6) is 0. The van der Waals surface area contributed by atoms with Gasteiger partial charge in [0.05, 0.1) is 0 Å². The fourth-order valence-electron chi connectivity index (χ4n) is 1.08. The van der Waals surface area contributed by atoms with Crippen LogP contribution in [0.5, 0.6) is 0 Å². The van der Waals surface area contributed by atoms with Gasteiger partial charge in [0.2, 0.25) is 0 Å². The highest BCUT2D eigenvalue weighted by Gasteiger charge is 1.86. The van der Waals surface area contributed by atoms with Crippen LogP contribution in [0.3, 0.4) is 0 Å². The zero-order valence-electron chi connectivity index (χ0n) is 7.83. The molecule has 1 N–H and O–H groups in total. The topological polar surface area (TPSA) is 12.0 Å². The van der Waals surface area contributed by atoms with Gasteiger partial charge in [0.25, 0.3) is 0 Å². The lowest BCUT2D eigenvalue weighted by atomic mass is 10.2. The maximum Gasteiger partial charge on any atom is 0.00459 e. The van der Waals surface area contributed by atoms with E-state index in [1.807, 2.05) is 19.2 Å². The van der Waals surface area contributed by atoms with Gasteiger partial charge in [-0.25, -0.2) is 0 Å². The smallest absolute Gasteiger partial charge is 0.00459 e. The molecule has 0 amide bonds. The fraction of sp³-hybridized carbons (Fsp3) is 0.273. The minimum atomic E-state index is 1.01. The Bertz CT molecular complexity index is 281. The van der Waals surface area contributed by atoms with Gasteiger partial charge in [-0.15, -0.1) is 12.6 Å². The predicted molar refractivity (Wildman–Crippen MR) is 61.3 cm³/mol. The molecule has 0 heterocycles. The summed E-state index contributed by atoms with van der Waals surface area (Å²) in [5.41, 5.74) is 1.21. The second-order valence-electron chi connectivity index (χ2n) is 2.89. The average molecular weight is 193 g/mol. The van der Waals surface area contributed by atoms with Crippen LogP contribution < -0.4 is 5.32 Å². The van der Waals surface area contributed by atoms with Gasteiger partial charge in [-0.1, -0.05) is 24.3 Å². The van der Waals surface area contributed by atoms with Crippen LogP contribution in [0.25, 0.3) is 6.08 Å². The van der Waals surface area contributed by atoms with Crippen molar-refractivity contribution in [2.75, 3.05) is 13.6 Å². The van der Waals surface area contributed by atoms with E-state index in [1.165, 1.54) is 5.56 Å². The van der Waals surface area contributed by atoms with E-state index < -0.39 is 0 Å². The summed E-state index contributed by atoms with van der Waals surface area (Å²) in [4.78, 5) is 1.01. The van der Waals surface area contributed by atoms with Crippen molar-refractivity contribution < 1.29 is 0 Å². The van der Waals surface area contributed by atoms with Crippen LogP contribution in [0.15, 0.2) is 35.2 Å². The summed E-state index contributed by atoms with van der Waals surface area (Å²) >= 11 is 4.27. The molecule has 70 valence electrons. The molecule has 0 aliphatic carbocycles. The standard InChI is InChI=1S/C11H15NS/c1-12-8-3-2-5-10-6-4-7-11(13)9-10/h2,4-7,9,12-13H,3,8H2,1H3. The highest BCUT2D eigenvalue weighted by molar-refractivity contribution is 7.80. The van der Waals surface area contributed by atoms with Gasteiger partial charge in [0, 0.05) is 4.90 Å². The number of benzene rings is 1. The van der Waals surface area contributed by atoms with Crippen molar-refractivity contribution in [1.82, 2.24) is 5.32 Å². The Balaban J connectivity index is 2.48. The lowest BCUT2D eigenvalue weighted by Crippen LogP contribution is -2.05. The summed E-state index contributed by atoms with van der Waals surface area (Å²) in [6.45, 7) is 1.02. The maximum absolute atomic E-state index is 4.27. The third-order valence-electron chi connectivity index (χ3n) is 1.74. The van der Waals surface area contributed by atoms with Crippen LogP contribution in [-0.4, -0.2) is 13.6 Å². The lowest BCUT2D eigenvalue weighted by molar-refractivity contribution is 0.809. The minimum Gasteiger partial charge on any atom is -0.319 e. The van der Waals surface area contributed by atoms with Crippen molar-refractivity contribution in [2.24, 2.45) is 0 Å². The van der Waals surface area contributed by atoms with Crippen molar-refractivity contribution in [2.45, 2.75) is 11.3 Å². The molecule has 0 spiro atoms. The second kappa shape index (κ2) is 5.84. The first kappa shape index (κ1) is 10.4. The summed E-state index contributed by atoms with van der Waals surface area (Å²) < 4.78 is 0. The Morgan fingerprint density at radius 3 is 3.00 bits per heavy atom. The quantitative estimate of drug-likeness (QED) is 0.553. The van der Waals surface area contributed by atoms with Crippen LogP contribution >= 0.6 is 12.6 Å². The molecule has 0 fully saturated rings. The average Bonchev–Trinajstić information content (AvgIpc) is 2.13. The summed E-state index contributed by atoms with van der Waals surface area (Å²) in [7, 11) is 1.96. The molecule has 0 aliphatic heterocycles. The van der Waals surface area contributed by atoms with Gasteiger partial charge in [-0.2, -0.15) is 0 Å². The van der Waals surface area contributed by atoms with Crippen molar-refractivity contribution >= 4 is 18.7 Å². The molecule has 0 saturated carbocycles. The van der Waals surface area contributed by atoms with Gasteiger partial charge in [-0.05, 0) is 37.7 Å². The van der Waals surface area contributed by atoms with Gasteiger partial charge in [-0.3, -0.25) is 0 Å². The van der Waals surface area contributed by atoms with E-state index in [1.54, 1.807) is 0 Å². The molecule has 1 aromatic carbocycles. The minimum absolute atomic E-state index is 1.01. The molecule has 0 aliphatic rings. The van der Waals surface area contributed by atoms with Crippen LogP contribution in [0.4, 0.5) is 0 Å². The second-order valence-corrected chi connectivity index (χ2v) is 3.41. The molecule has 13 heavy (non-hydrogen) atoms. The third kappa shape index (κ3) is 4.15. The number of rotatable bonds is 4. The first-order valence-corrected chi connectivity index (χ1v) is 4.88. The monoisotopic (exact) mass is 193 g/mol. The first-order chi connectivity index (χ1) is 6.33. The summed E-state index contributed by atoms with van der Waals surface area (Å²) in [5, 5.41) is 3.10. The van der Waals surface area contributed by atoms with Gasteiger partial charge in [0.1, 0.15) is 0 Å². The van der Waals surface area contributed by atoms with Crippen LogP contribution in [0.2, 0.25) is 0 Å². The Hall–Kier alpha value is -0.730. The Labute approximate surface area is 85.3 Å². The van der Waals surface area contributed by atoms with Crippen molar-refractivity contribution in [3.05, 3.63) is 35.9 Å².